The summed E-state index contributed by atoms with van der Waals surface area (Å²) in [6.07, 6.45) is 0. The largest absolute Gasteiger partial charge is 0.508 e. The molecule has 0 spiro atoms. The lowest BCUT2D eigenvalue weighted by Crippen LogP contribution is -2.11. The van der Waals surface area contributed by atoms with Gasteiger partial charge in [0, 0.05) is 0 Å². The van der Waals surface area contributed by atoms with Gasteiger partial charge in [-0.25, -0.2) is 8.42 Å². The van der Waals surface area contributed by atoms with Crippen LogP contribution in [0.4, 0.5) is 0 Å². The van der Waals surface area contributed by atoms with Gasteiger partial charge in [0.25, 0.3) is 0 Å². The molecule has 4 heteroatoms. The zero-order chi connectivity index (χ0) is 10.8. The first kappa shape index (κ1) is 11.0. The maximum Gasteiger partial charge on any atom is 0.178 e. The van der Waals surface area contributed by atoms with Crippen LogP contribution in [0, 0.1) is 5.92 Å². The Labute approximate surface area is 84.3 Å². The van der Waals surface area contributed by atoms with Crippen molar-refractivity contribution in [2.75, 3.05) is 5.75 Å². The fraction of sp³-hybridized carbons (Fsp3) is 0.400. The van der Waals surface area contributed by atoms with E-state index >= 15 is 0 Å². The molecule has 1 aromatic rings. The lowest BCUT2D eigenvalue weighted by atomic mass is 10.3. The zero-order valence-corrected chi connectivity index (χ0v) is 9.08. The van der Waals surface area contributed by atoms with Gasteiger partial charge in [0.2, 0.25) is 0 Å². The molecule has 0 heterocycles. The average molecular weight is 214 g/mol. The molecule has 0 saturated heterocycles. The molecule has 0 aliphatic heterocycles. The topological polar surface area (TPSA) is 54.4 Å². The Morgan fingerprint density at radius 3 is 2.14 bits per heavy atom. The SMILES string of the molecule is CC(C)CS(=O)(=O)c1ccc(O)cc1. The van der Waals surface area contributed by atoms with Gasteiger partial charge < -0.3 is 5.11 Å². The van der Waals surface area contributed by atoms with E-state index in [1.54, 1.807) is 0 Å². The van der Waals surface area contributed by atoms with Gasteiger partial charge in [0.05, 0.1) is 10.6 Å². The third-order valence-corrected chi connectivity index (χ3v) is 3.84. The molecule has 3 nitrogen and oxygen atoms in total. The van der Waals surface area contributed by atoms with Crippen molar-refractivity contribution in [3.63, 3.8) is 0 Å². The predicted molar refractivity (Wildman–Crippen MR) is 55.0 cm³/mol. The van der Waals surface area contributed by atoms with E-state index in [0.29, 0.717) is 0 Å². The summed E-state index contributed by atoms with van der Waals surface area (Å²) in [7, 11) is -3.19. The van der Waals surface area contributed by atoms with Crippen molar-refractivity contribution in [2.24, 2.45) is 5.92 Å². The molecule has 0 amide bonds. The molecule has 0 saturated carbocycles. The van der Waals surface area contributed by atoms with Gasteiger partial charge in [-0.3, -0.25) is 0 Å². The van der Waals surface area contributed by atoms with E-state index in [1.165, 1.54) is 24.3 Å². The predicted octanol–water partition coefficient (Wildman–Crippen LogP) is 1.82. The third-order valence-electron chi connectivity index (χ3n) is 1.75. The van der Waals surface area contributed by atoms with Crippen LogP contribution in [0.1, 0.15) is 13.8 Å². The van der Waals surface area contributed by atoms with Crippen LogP contribution in [0.5, 0.6) is 5.75 Å². The minimum atomic E-state index is -3.19. The molecule has 0 fully saturated rings. The maximum atomic E-state index is 11.7. The molecule has 0 aromatic heterocycles. The summed E-state index contributed by atoms with van der Waals surface area (Å²) in [5.41, 5.74) is 0. The Morgan fingerprint density at radius 2 is 1.71 bits per heavy atom. The Kier molecular flexibility index (Phi) is 3.16. The van der Waals surface area contributed by atoms with Gasteiger partial charge in [-0.05, 0) is 30.2 Å². The van der Waals surface area contributed by atoms with Crippen molar-refractivity contribution in [2.45, 2.75) is 18.7 Å². The summed E-state index contributed by atoms with van der Waals surface area (Å²) in [6.45, 7) is 3.72. The zero-order valence-electron chi connectivity index (χ0n) is 8.27. The lowest BCUT2D eigenvalue weighted by Gasteiger charge is -2.06. The fourth-order valence-electron chi connectivity index (χ4n) is 1.19. The van der Waals surface area contributed by atoms with Gasteiger partial charge >= 0.3 is 0 Å². The molecule has 0 unspecified atom stereocenters. The number of benzene rings is 1. The lowest BCUT2D eigenvalue weighted by molar-refractivity contribution is 0.474. The first-order chi connectivity index (χ1) is 6.42. The molecule has 1 rings (SSSR count). The van der Waals surface area contributed by atoms with Gasteiger partial charge in [0.1, 0.15) is 5.75 Å². The molecule has 1 N–H and O–H groups in total. The Bertz CT molecular complexity index is 390. The van der Waals surface area contributed by atoms with Crippen molar-refractivity contribution < 1.29 is 13.5 Å². The second kappa shape index (κ2) is 4.00. The van der Waals surface area contributed by atoms with E-state index in [2.05, 4.69) is 0 Å². The molecule has 14 heavy (non-hydrogen) atoms. The standard InChI is InChI=1S/C10H14O3S/c1-8(2)7-14(12,13)10-5-3-9(11)4-6-10/h3-6,8,11H,7H2,1-2H3. The summed E-state index contributed by atoms with van der Waals surface area (Å²) in [5.74, 6) is 0.319. The van der Waals surface area contributed by atoms with Crippen molar-refractivity contribution in [1.29, 1.82) is 0 Å². The van der Waals surface area contributed by atoms with E-state index in [4.69, 9.17) is 5.11 Å². The third kappa shape index (κ3) is 2.73. The van der Waals surface area contributed by atoms with Crippen LogP contribution in [0.3, 0.4) is 0 Å². The summed E-state index contributed by atoms with van der Waals surface area (Å²) in [6, 6.07) is 5.61. The number of sulfone groups is 1. The first-order valence-electron chi connectivity index (χ1n) is 4.43. The molecular formula is C10H14O3S. The van der Waals surface area contributed by atoms with Crippen LogP contribution in [-0.4, -0.2) is 19.3 Å². The highest BCUT2D eigenvalue weighted by molar-refractivity contribution is 7.91. The Morgan fingerprint density at radius 1 is 1.21 bits per heavy atom. The van der Waals surface area contributed by atoms with Crippen molar-refractivity contribution in [3.8, 4) is 5.75 Å². The van der Waals surface area contributed by atoms with Gasteiger partial charge in [-0.2, -0.15) is 0 Å². The Hall–Kier alpha value is -1.03. The number of phenols is 1. The highest BCUT2D eigenvalue weighted by Gasteiger charge is 2.15. The minimum absolute atomic E-state index is 0.0773. The molecule has 0 aliphatic rings. The fourth-order valence-corrected chi connectivity index (χ4v) is 2.81. The van der Waals surface area contributed by atoms with E-state index in [0.717, 1.165) is 0 Å². The number of aromatic hydroxyl groups is 1. The summed E-state index contributed by atoms with van der Waals surface area (Å²) in [5, 5.41) is 9.01. The van der Waals surface area contributed by atoms with E-state index in [9.17, 15) is 8.42 Å². The first-order valence-corrected chi connectivity index (χ1v) is 6.09. The van der Waals surface area contributed by atoms with Gasteiger partial charge in [-0.1, -0.05) is 13.8 Å². The molecule has 0 bridgehead atoms. The van der Waals surface area contributed by atoms with Crippen LogP contribution in [0.15, 0.2) is 29.2 Å². The van der Waals surface area contributed by atoms with E-state index < -0.39 is 9.84 Å². The minimum Gasteiger partial charge on any atom is -0.508 e. The number of hydrogen-bond acceptors (Lipinski definition) is 3. The summed E-state index contributed by atoms with van der Waals surface area (Å²) < 4.78 is 23.3. The highest BCUT2D eigenvalue weighted by Crippen LogP contribution is 2.17. The molecular weight excluding hydrogens is 200 g/mol. The second-order valence-electron chi connectivity index (χ2n) is 3.67. The molecule has 1 aromatic carbocycles. The van der Waals surface area contributed by atoms with Crippen molar-refractivity contribution >= 4 is 9.84 Å². The van der Waals surface area contributed by atoms with Crippen LogP contribution >= 0.6 is 0 Å². The van der Waals surface area contributed by atoms with E-state index in [-0.39, 0.29) is 22.3 Å². The maximum absolute atomic E-state index is 11.7. The molecule has 0 radical (unpaired) electrons. The van der Waals surface area contributed by atoms with Crippen molar-refractivity contribution in [1.82, 2.24) is 0 Å². The van der Waals surface area contributed by atoms with Crippen LogP contribution in [0.25, 0.3) is 0 Å². The van der Waals surface area contributed by atoms with Crippen LogP contribution < -0.4 is 0 Å². The number of phenolic OH excluding ortho intramolecular Hbond substituents is 1. The number of hydrogen-bond donors (Lipinski definition) is 1. The van der Waals surface area contributed by atoms with Crippen LogP contribution in [0.2, 0.25) is 0 Å². The molecule has 78 valence electrons. The summed E-state index contributed by atoms with van der Waals surface area (Å²) in [4.78, 5) is 0.268. The monoisotopic (exact) mass is 214 g/mol. The normalized spacial score (nSPS) is 11.9. The smallest absolute Gasteiger partial charge is 0.178 e. The summed E-state index contributed by atoms with van der Waals surface area (Å²) >= 11 is 0. The molecule has 0 atom stereocenters. The van der Waals surface area contributed by atoms with Gasteiger partial charge in [-0.15, -0.1) is 0 Å². The van der Waals surface area contributed by atoms with Gasteiger partial charge in [0.15, 0.2) is 9.84 Å². The van der Waals surface area contributed by atoms with E-state index in [1.807, 2.05) is 13.8 Å². The van der Waals surface area contributed by atoms with Crippen molar-refractivity contribution in [3.05, 3.63) is 24.3 Å². The number of rotatable bonds is 3. The highest BCUT2D eigenvalue weighted by atomic mass is 32.2. The quantitative estimate of drug-likeness (QED) is 0.835. The second-order valence-corrected chi connectivity index (χ2v) is 5.70. The average Bonchev–Trinajstić information content (AvgIpc) is 2.02. The Balaban J connectivity index is 2.99. The van der Waals surface area contributed by atoms with Crippen LogP contribution in [-0.2, 0) is 9.84 Å². The molecule has 0 aliphatic carbocycles.